The van der Waals surface area contributed by atoms with Gasteiger partial charge in [-0.25, -0.2) is 0 Å². The van der Waals surface area contributed by atoms with Crippen molar-refractivity contribution in [1.82, 2.24) is 4.90 Å². The third-order valence-electron chi connectivity index (χ3n) is 6.11. The number of benzene rings is 1. The Balaban J connectivity index is 1.41. The van der Waals surface area contributed by atoms with Gasteiger partial charge in [-0.15, -0.1) is 11.3 Å². The Morgan fingerprint density at radius 3 is 2.68 bits per heavy atom. The Hall–Kier alpha value is -1.60. The normalized spacial score (nSPS) is 22.5. The second-order valence-electron chi connectivity index (χ2n) is 8.09. The SMILES string of the molecule is COc1ccc2c(c1)OC1(CCN(C[C@@H](O)c3cc(C)sc3C)CC1)C[C@@H]2O. The molecule has 4 rings (SSSR count). The van der Waals surface area contributed by atoms with Crippen LogP contribution < -0.4 is 9.47 Å². The minimum absolute atomic E-state index is 0.338. The molecule has 2 aromatic rings. The topological polar surface area (TPSA) is 62.2 Å². The molecule has 1 aromatic carbocycles. The van der Waals surface area contributed by atoms with Gasteiger partial charge in [-0.1, -0.05) is 0 Å². The first kappa shape index (κ1) is 19.7. The first-order valence-electron chi connectivity index (χ1n) is 9.91. The summed E-state index contributed by atoms with van der Waals surface area (Å²) < 4.78 is 11.7. The number of aliphatic hydroxyl groups is 2. The van der Waals surface area contributed by atoms with E-state index >= 15 is 0 Å². The number of hydrogen-bond acceptors (Lipinski definition) is 6. The van der Waals surface area contributed by atoms with Crippen molar-refractivity contribution in [3.05, 3.63) is 45.1 Å². The van der Waals surface area contributed by atoms with Crippen LogP contribution in [-0.4, -0.2) is 47.5 Å². The first-order chi connectivity index (χ1) is 13.4. The van der Waals surface area contributed by atoms with E-state index in [4.69, 9.17) is 9.47 Å². The zero-order chi connectivity index (χ0) is 19.9. The lowest BCUT2D eigenvalue weighted by molar-refractivity contribution is -0.0588. The average Bonchev–Trinajstić information content (AvgIpc) is 3.01. The van der Waals surface area contributed by atoms with Crippen LogP contribution in [-0.2, 0) is 0 Å². The third-order valence-corrected chi connectivity index (χ3v) is 7.09. The number of β-amino-alcohol motifs (C(OH)–C–C–N with tert-alkyl or cyclic N) is 1. The summed E-state index contributed by atoms with van der Waals surface area (Å²) in [7, 11) is 1.64. The van der Waals surface area contributed by atoms with Gasteiger partial charge in [0.15, 0.2) is 0 Å². The number of nitrogens with zero attached hydrogens (tertiary/aromatic N) is 1. The highest BCUT2D eigenvalue weighted by Gasteiger charge is 2.43. The van der Waals surface area contributed by atoms with Crippen LogP contribution in [0.1, 0.15) is 52.4 Å². The van der Waals surface area contributed by atoms with E-state index in [0.717, 1.165) is 48.6 Å². The molecule has 2 aliphatic heterocycles. The van der Waals surface area contributed by atoms with Crippen molar-refractivity contribution in [2.75, 3.05) is 26.7 Å². The summed E-state index contributed by atoms with van der Waals surface area (Å²) in [5.74, 6) is 1.47. The minimum Gasteiger partial charge on any atom is -0.497 e. The molecule has 0 saturated carbocycles. The fourth-order valence-electron chi connectivity index (χ4n) is 4.52. The zero-order valence-corrected chi connectivity index (χ0v) is 17.6. The highest BCUT2D eigenvalue weighted by Crippen LogP contribution is 2.45. The maximum Gasteiger partial charge on any atom is 0.129 e. The molecule has 2 aliphatic rings. The average molecular weight is 404 g/mol. The van der Waals surface area contributed by atoms with Gasteiger partial charge in [-0.3, -0.25) is 0 Å². The second-order valence-corrected chi connectivity index (χ2v) is 9.55. The number of aliphatic hydroxyl groups excluding tert-OH is 2. The Bertz CT molecular complexity index is 841. The van der Waals surface area contributed by atoms with Crippen LogP contribution >= 0.6 is 11.3 Å². The molecule has 28 heavy (non-hydrogen) atoms. The molecule has 1 saturated heterocycles. The lowest BCUT2D eigenvalue weighted by atomic mass is 9.81. The van der Waals surface area contributed by atoms with E-state index in [9.17, 15) is 10.2 Å². The van der Waals surface area contributed by atoms with Crippen molar-refractivity contribution in [3.63, 3.8) is 0 Å². The second kappa shape index (κ2) is 7.67. The Kier molecular flexibility index (Phi) is 5.40. The van der Waals surface area contributed by atoms with Gasteiger partial charge < -0.3 is 24.6 Å². The summed E-state index contributed by atoms with van der Waals surface area (Å²) in [4.78, 5) is 4.74. The molecule has 0 unspecified atom stereocenters. The van der Waals surface area contributed by atoms with Crippen LogP contribution in [0.4, 0.5) is 0 Å². The lowest BCUT2D eigenvalue weighted by Gasteiger charge is -2.46. The number of piperidine rings is 1. The van der Waals surface area contributed by atoms with Crippen molar-refractivity contribution in [1.29, 1.82) is 0 Å². The number of aryl methyl sites for hydroxylation is 2. The number of ether oxygens (including phenoxy) is 2. The van der Waals surface area contributed by atoms with Crippen molar-refractivity contribution in [2.45, 2.75) is 50.9 Å². The molecule has 0 bridgehead atoms. The van der Waals surface area contributed by atoms with E-state index in [0.29, 0.717) is 13.0 Å². The molecule has 0 radical (unpaired) electrons. The van der Waals surface area contributed by atoms with Crippen LogP contribution in [0.25, 0.3) is 0 Å². The van der Waals surface area contributed by atoms with Crippen LogP contribution in [0.3, 0.4) is 0 Å². The highest BCUT2D eigenvalue weighted by molar-refractivity contribution is 7.12. The zero-order valence-electron chi connectivity index (χ0n) is 16.8. The van der Waals surface area contributed by atoms with Crippen LogP contribution in [0, 0.1) is 13.8 Å². The fraction of sp³-hybridized carbons (Fsp3) is 0.545. The fourth-order valence-corrected chi connectivity index (χ4v) is 5.50. The van der Waals surface area contributed by atoms with E-state index < -0.39 is 12.2 Å². The molecular formula is C22H29NO4S. The Labute approximate surface area is 170 Å². The number of rotatable bonds is 4. The first-order valence-corrected chi connectivity index (χ1v) is 10.7. The highest BCUT2D eigenvalue weighted by atomic mass is 32.1. The van der Waals surface area contributed by atoms with Crippen molar-refractivity contribution < 1.29 is 19.7 Å². The maximum absolute atomic E-state index is 10.7. The molecule has 6 heteroatoms. The minimum atomic E-state index is -0.511. The number of thiophene rings is 1. The molecule has 0 amide bonds. The predicted octanol–water partition coefficient (Wildman–Crippen LogP) is 3.76. The summed E-state index contributed by atoms with van der Waals surface area (Å²) in [6, 6.07) is 7.72. The van der Waals surface area contributed by atoms with Crippen LogP contribution in [0.2, 0.25) is 0 Å². The van der Waals surface area contributed by atoms with E-state index in [2.05, 4.69) is 24.8 Å². The van der Waals surface area contributed by atoms with E-state index in [1.54, 1.807) is 18.4 Å². The van der Waals surface area contributed by atoms with E-state index in [-0.39, 0.29) is 5.60 Å². The smallest absolute Gasteiger partial charge is 0.129 e. The van der Waals surface area contributed by atoms with Crippen molar-refractivity contribution in [3.8, 4) is 11.5 Å². The van der Waals surface area contributed by atoms with Gasteiger partial charge in [0.2, 0.25) is 0 Å². The quantitative estimate of drug-likeness (QED) is 0.814. The van der Waals surface area contributed by atoms with Gasteiger partial charge in [0.1, 0.15) is 17.1 Å². The van der Waals surface area contributed by atoms with Gasteiger partial charge in [-0.2, -0.15) is 0 Å². The number of likely N-dealkylation sites (tertiary alicyclic amines) is 1. The molecule has 152 valence electrons. The number of hydrogen-bond donors (Lipinski definition) is 2. The molecule has 1 spiro atoms. The maximum atomic E-state index is 10.7. The molecular weight excluding hydrogens is 374 g/mol. The molecule has 1 fully saturated rings. The summed E-state index contributed by atoms with van der Waals surface area (Å²) >= 11 is 1.74. The summed E-state index contributed by atoms with van der Waals surface area (Å²) in [6.45, 7) is 6.50. The number of fused-ring (bicyclic) bond motifs is 1. The van der Waals surface area contributed by atoms with Crippen molar-refractivity contribution >= 4 is 11.3 Å². The van der Waals surface area contributed by atoms with E-state index in [1.807, 2.05) is 18.2 Å². The molecule has 3 heterocycles. The van der Waals surface area contributed by atoms with Gasteiger partial charge in [0.25, 0.3) is 0 Å². The third kappa shape index (κ3) is 3.79. The summed E-state index contributed by atoms with van der Waals surface area (Å²) in [5, 5.41) is 21.3. The van der Waals surface area contributed by atoms with Crippen LogP contribution in [0.5, 0.6) is 11.5 Å². The molecule has 1 aromatic heterocycles. The summed E-state index contributed by atoms with van der Waals surface area (Å²) in [5.41, 5.74) is 1.55. The molecule has 2 N–H and O–H groups in total. The Morgan fingerprint density at radius 2 is 2.04 bits per heavy atom. The largest absolute Gasteiger partial charge is 0.497 e. The van der Waals surface area contributed by atoms with Crippen molar-refractivity contribution in [2.24, 2.45) is 0 Å². The predicted molar refractivity (Wildman–Crippen MR) is 110 cm³/mol. The molecule has 0 aliphatic carbocycles. The monoisotopic (exact) mass is 403 g/mol. The van der Waals surface area contributed by atoms with Gasteiger partial charge in [-0.05, 0) is 50.5 Å². The molecule has 2 atom stereocenters. The van der Waals surface area contributed by atoms with Gasteiger partial charge >= 0.3 is 0 Å². The standard InChI is InChI=1S/C22H29NO4S/c1-14-10-18(15(2)28-14)20(25)13-23-8-6-22(7-9-23)12-19(24)17-5-4-16(26-3)11-21(17)27-22/h4-5,10-11,19-20,24-25H,6-9,12-13H2,1-3H3/t19-,20+/m0/s1. The van der Waals surface area contributed by atoms with Gasteiger partial charge in [0, 0.05) is 47.4 Å². The lowest BCUT2D eigenvalue weighted by Crippen LogP contribution is -2.51. The van der Waals surface area contributed by atoms with E-state index in [1.165, 1.54) is 9.75 Å². The number of methoxy groups -OCH3 is 1. The summed E-state index contributed by atoms with van der Waals surface area (Å²) in [6.07, 6.45) is 1.33. The Morgan fingerprint density at radius 1 is 1.29 bits per heavy atom. The molecule has 5 nitrogen and oxygen atoms in total. The van der Waals surface area contributed by atoms with Crippen LogP contribution in [0.15, 0.2) is 24.3 Å². The van der Waals surface area contributed by atoms with Gasteiger partial charge in [0.05, 0.1) is 19.3 Å².